The molecule has 1 atom stereocenters. The van der Waals surface area contributed by atoms with Crippen LogP contribution in [0.15, 0.2) is 18.2 Å². The molecular weight excluding hydrogens is 268 g/mol. The molecule has 0 bridgehead atoms. The number of carbonyl (C=O) groups excluding carboxylic acids is 2. The molecule has 1 saturated heterocycles. The maximum Gasteiger partial charge on any atom is 0.255 e. The maximum atomic E-state index is 12.3. The fraction of sp³-hybridized carbons (Fsp3) is 0.467. The van der Waals surface area contributed by atoms with Crippen molar-refractivity contribution in [2.75, 3.05) is 37.8 Å². The van der Waals surface area contributed by atoms with Gasteiger partial charge in [-0.25, -0.2) is 0 Å². The van der Waals surface area contributed by atoms with Crippen molar-refractivity contribution in [1.82, 2.24) is 4.90 Å². The average Bonchev–Trinajstić information content (AvgIpc) is 2.82. The molecule has 2 rings (SSSR count). The van der Waals surface area contributed by atoms with Gasteiger partial charge < -0.3 is 21.3 Å². The normalized spacial score (nSPS) is 21.4. The molecule has 6 heteroatoms. The third-order valence-corrected chi connectivity index (χ3v) is 4.07. The number of anilines is 2. The molecule has 0 aromatic heterocycles. The summed E-state index contributed by atoms with van der Waals surface area (Å²) in [5.41, 5.74) is 12.7. The first-order valence-corrected chi connectivity index (χ1v) is 6.90. The number of benzene rings is 1. The Hall–Kier alpha value is -2.24. The summed E-state index contributed by atoms with van der Waals surface area (Å²) in [7, 11) is 3.42. The van der Waals surface area contributed by atoms with E-state index in [1.165, 1.54) is 4.90 Å². The van der Waals surface area contributed by atoms with Gasteiger partial charge in [-0.1, -0.05) is 0 Å². The van der Waals surface area contributed by atoms with E-state index in [1.807, 2.05) is 11.8 Å². The maximum absolute atomic E-state index is 12.3. The number of amides is 2. The highest BCUT2D eigenvalue weighted by molar-refractivity contribution is 6.00. The van der Waals surface area contributed by atoms with E-state index in [4.69, 9.17) is 11.5 Å². The van der Waals surface area contributed by atoms with Crippen LogP contribution >= 0.6 is 0 Å². The van der Waals surface area contributed by atoms with Crippen LogP contribution in [-0.2, 0) is 4.79 Å². The quantitative estimate of drug-likeness (QED) is 0.800. The fourth-order valence-electron chi connectivity index (χ4n) is 2.60. The first-order chi connectivity index (χ1) is 9.74. The van der Waals surface area contributed by atoms with Crippen molar-refractivity contribution in [1.29, 1.82) is 0 Å². The third-order valence-electron chi connectivity index (χ3n) is 4.07. The first-order valence-electron chi connectivity index (χ1n) is 6.90. The lowest BCUT2D eigenvalue weighted by molar-refractivity contribution is -0.125. The van der Waals surface area contributed by atoms with Crippen LogP contribution in [0, 0.1) is 5.41 Å². The zero-order valence-corrected chi connectivity index (χ0v) is 12.7. The van der Waals surface area contributed by atoms with Crippen molar-refractivity contribution in [3.05, 3.63) is 23.8 Å². The van der Waals surface area contributed by atoms with Crippen LogP contribution in [0.4, 0.5) is 11.4 Å². The zero-order valence-electron chi connectivity index (χ0n) is 12.7. The largest absolute Gasteiger partial charge is 0.399 e. The summed E-state index contributed by atoms with van der Waals surface area (Å²) in [5.74, 6) is -0.396. The van der Waals surface area contributed by atoms with Crippen molar-refractivity contribution >= 4 is 23.2 Å². The van der Waals surface area contributed by atoms with Gasteiger partial charge in [0.1, 0.15) is 0 Å². The Balaban J connectivity index is 2.38. The summed E-state index contributed by atoms with van der Waals surface area (Å²) in [5, 5.41) is 0. The Bertz CT molecular complexity index is 585. The molecule has 21 heavy (non-hydrogen) atoms. The molecule has 1 fully saturated rings. The van der Waals surface area contributed by atoms with Gasteiger partial charge in [-0.05, 0) is 31.5 Å². The zero-order chi connectivity index (χ0) is 15.8. The number of nitrogens with zero attached hydrogens (tertiary/aromatic N) is 2. The van der Waals surface area contributed by atoms with Crippen molar-refractivity contribution in [3.8, 4) is 0 Å². The van der Waals surface area contributed by atoms with E-state index in [1.54, 1.807) is 32.3 Å². The number of hydrogen-bond donors (Lipinski definition) is 2. The number of rotatable bonds is 3. The van der Waals surface area contributed by atoms with Gasteiger partial charge in [0.2, 0.25) is 5.91 Å². The SMILES string of the molecule is CN(C)C(=O)c1ccc(N)cc1N1CCC(C)(C(N)=O)C1. The molecule has 0 saturated carbocycles. The van der Waals surface area contributed by atoms with E-state index < -0.39 is 5.41 Å². The lowest BCUT2D eigenvalue weighted by Gasteiger charge is -2.25. The lowest BCUT2D eigenvalue weighted by atomic mass is 9.89. The van der Waals surface area contributed by atoms with Gasteiger partial charge in [0, 0.05) is 32.9 Å². The second kappa shape index (κ2) is 5.27. The van der Waals surface area contributed by atoms with Gasteiger partial charge in [0.05, 0.1) is 16.7 Å². The molecule has 114 valence electrons. The summed E-state index contributed by atoms with van der Waals surface area (Å²) in [4.78, 5) is 27.4. The highest BCUT2D eigenvalue weighted by atomic mass is 16.2. The van der Waals surface area contributed by atoms with Crippen LogP contribution < -0.4 is 16.4 Å². The first kappa shape index (κ1) is 15.2. The molecule has 1 heterocycles. The Labute approximate surface area is 124 Å². The molecule has 1 aliphatic heterocycles. The van der Waals surface area contributed by atoms with E-state index in [9.17, 15) is 9.59 Å². The number of hydrogen-bond acceptors (Lipinski definition) is 4. The highest BCUT2D eigenvalue weighted by Gasteiger charge is 2.39. The summed E-state index contributed by atoms with van der Waals surface area (Å²) in [6.07, 6.45) is 0.673. The molecule has 1 aromatic carbocycles. The standard InChI is InChI=1S/C15H22N4O2/c1-15(14(17)21)6-7-19(9-15)12-8-10(16)4-5-11(12)13(20)18(2)3/h4-5,8H,6-7,9,16H2,1-3H3,(H2,17,21). The number of carbonyl (C=O) groups is 2. The average molecular weight is 290 g/mol. The Morgan fingerprint density at radius 3 is 2.52 bits per heavy atom. The van der Waals surface area contributed by atoms with Crippen LogP contribution in [0.1, 0.15) is 23.7 Å². The van der Waals surface area contributed by atoms with Crippen LogP contribution in [0.2, 0.25) is 0 Å². The molecule has 6 nitrogen and oxygen atoms in total. The predicted molar refractivity (Wildman–Crippen MR) is 83.0 cm³/mol. The van der Waals surface area contributed by atoms with E-state index in [-0.39, 0.29) is 11.8 Å². The second-order valence-corrected chi connectivity index (χ2v) is 6.07. The molecule has 0 radical (unpaired) electrons. The van der Waals surface area contributed by atoms with E-state index in [0.29, 0.717) is 30.8 Å². The molecule has 2 amide bonds. The fourth-order valence-corrected chi connectivity index (χ4v) is 2.60. The minimum Gasteiger partial charge on any atom is -0.399 e. The molecule has 0 spiro atoms. The lowest BCUT2D eigenvalue weighted by Crippen LogP contribution is -2.37. The van der Waals surface area contributed by atoms with Crippen LogP contribution in [0.25, 0.3) is 0 Å². The van der Waals surface area contributed by atoms with E-state index in [0.717, 1.165) is 5.69 Å². The van der Waals surface area contributed by atoms with Crippen LogP contribution in [-0.4, -0.2) is 43.9 Å². The third kappa shape index (κ3) is 2.79. The minimum atomic E-state index is -0.566. The van der Waals surface area contributed by atoms with Crippen molar-refractivity contribution in [3.63, 3.8) is 0 Å². The topological polar surface area (TPSA) is 92.7 Å². The van der Waals surface area contributed by atoms with Crippen LogP contribution in [0.3, 0.4) is 0 Å². The van der Waals surface area contributed by atoms with Gasteiger partial charge in [-0.15, -0.1) is 0 Å². The summed E-state index contributed by atoms with van der Waals surface area (Å²) < 4.78 is 0. The monoisotopic (exact) mass is 290 g/mol. The number of nitrogens with two attached hydrogens (primary N) is 2. The Morgan fingerprint density at radius 2 is 2.00 bits per heavy atom. The van der Waals surface area contributed by atoms with Gasteiger partial charge in [-0.2, -0.15) is 0 Å². The summed E-state index contributed by atoms with van der Waals surface area (Å²) in [6.45, 7) is 3.03. The second-order valence-electron chi connectivity index (χ2n) is 6.07. The minimum absolute atomic E-state index is 0.0855. The summed E-state index contributed by atoms with van der Waals surface area (Å²) in [6, 6.07) is 5.22. The highest BCUT2D eigenvalue weighted by Crippen LogP contribution is 2.35. The van der Waals surface area contributed by atoms with Gasteiger partial charge in [0.15, 0.2) is 0 Å². The molecule has 0 aliphatic carbocycles. The van der Waals surface area contributed by atoms with Crippen molar-refractivity contribution in [2.24, 2.45) is 11.1 Å². The van der Waals surface area contributed by atoms with Gasteiger partial charge in [-0.3, -0.25) is 9.59 Å². The van der Waals surface area contributed by atoms with E-state index >= 15 is 0 Å². The van der Waals surface area contributed by atoms with E-state index in [2.05, 4.69) is 0 Å². The van der Waals surface area contributed by atoms with Gasteiger partial charge >= 0.3 is 0 Å². The Morgan fingerprint density at radius 1 is 1.33 bits per heavy atom. The number of nitrogen functional groups attached to an aromatic ring is 1. The predicted octanol–water partition coefficient (Wildman–Crippen LogP) is 0.672. The molecule has 1 aliphatic rings. The summed E-state index contributed by atoms with van der Waals surface area (Å²) >= 11 is 0. The molecule has 1 unspecified atom stereocenters. The number of primary amides is 1. The van der Waals surface area contributed by atoms with Crippen molar-refractivity contribution < 1.29 is 9.59 Å². The van der Waals surface area contributed by atoms with Gasteiger partial charge in [0.25, 0.3) is 5.91 Å². The molecule has 1 aromatic rings. The van der Waals surface area contributed by atoms with Crippen molar-refractivity contribution in [2.45, 2.75) is 13.3 Å². The molecule has 4 N–H and O–H groups in total. The molecular formula is C15H22N4O2. The smallest absolute Gasteiger partial charge is 0.255 e. The van der Waals surface area contributed by atoms with Crippen LogP contribution in [0.5, 0.6) is 0 Å². The Kier molecular flexibility index (Phi) is 3.80.